The molecular formula is C16H25N5. The summed E-state index contributed by atoms with van der Waals surface area (Å²) < 4.78 is 1.93. The highest BCUT2D eigenvalue weighted by Crippen LogP contribution is 2.21. The van der Waals surface area contributed by atoms with E-state index in [1.807, 2.05) is 16.9 Å². The summed E-state index contributed by atoms with van der Waals surface area (Å²) in [6.07, 6.45) is 7.65. The predicted octanol–water partition coefficient (Wildman–Crippen LogP) is 2.75. The molecule has 3 heterocycles. The van der Waals surface area contributed by atoms with Crippen molar-refractivity contribution in [3.63, 3.8) is 0 Å². The molecule has 0 aromatic carbocycles. The minimum absolute atomic E-state index is 0.433. The molecule has 21 heavy (non-hydrogen) atoms. The lowest BCUT2D eigenvalue weighted by molar-refractivity contribution is 0.194. The minimum Gasteiger partial charge on any atom is -0.367 e. The van der Waals surface area contributed by atoms with Crippen molar-refractivity contribution in [1.82, 2.24) is 19.5 Å². The van der Waals surface area contributed by atoms with Crippen molar-refractivity contribution in [1.29, 1.82) is 0 Å². The van der Waals surface area contributed by atoms with E-state index in [9.17, 15) is 0 Å². The van der Waals surface area contributed by atoms with Crippen molar-refractivity contribution in [3.05, 3.63) is 24.2 Å². The molecule has 1 atom stereocenters. The summed E-state index contributed by atoms with van der Waals surface area (Å²) in [6.45, 7) is 6.48. The van der Waals surface area contributed by atoms with Crippen LogP contribution >= 0.6 is 0 Å². The van der Waals surface area contributed by atoms with Gasteiger partial charge in [0, 0.05) is 25.0 Å². The largest absolute Gasteiger partial charge is 0.367 e. The third kappa shape index (κ3) is 3.02. The van der Waals surface area contributed by atoms with Gasteiger partial charge in [0.2, 0.25) is 0 Å². The van der Waals surface area contributed by atoms with Crippen LogP contribution in [0, 0.1) is 0 Å². The van der Waals surface area contributed by atoms with Gasteiger partial charge < -0.3 is 10.2 Å². The van der Waals surface area contributed by atoms with Crippen molar-refractivity contribution in [2.75, 3.05) is 25.5 Å². The molecule has 1 aliphatic rings. The van der Waals surface area contributed by atoms with E-state index in [4.69, 9.17) is 0 Å². The third-order valence-corrected chi connectivity index (χ3v) is 4.43. The van der Waals surface area contributed by atoms with Gasteiger partial charge in [0.1, 0.15) is 5.52 Å². The molecule has 0 spiro atoms. The Labute approximate surface area is 126 Å². The Morgan fingerprint density at radius 3 is 3.00 bits per heavy atom. The normalized spacial score (nSPS) is 20.3. The topological polar surface area (TPSA) is 45.5 Å². The van der Waals surface area contributed by atoms with Crippen LogP contribution in [0.2, 0.25) is 0 Å². The quantitative estimate of drug-likeness (QED) is 0.939. The average Bonchev–Trinajstić information content (AvgIpc) is 2.91. The molecule has 0 amide bonds. The van der Waals surface area contributed by atoms with Crippen LogP contribution in [-0.4, -0.2) is 45.7 Å². The molecule has 114 valence electrons. The molecule has 0 radical (unpaired) electrons. The van der Waals surface area contributed by atoms with Crippen LogP contribution in [0.15, 0.2) is 18.5 Å². The van der Waals surface area contributed by atoms with Gasteiger partial charge in [-0.15, -0.1) is 0 Å². The molecule has 3 rings (SSSR count). The fourth-order valence-corrected chi connectivity index (χ4v) is 2.98. The summed E-state index contributed by atoms with van der Waals surface area (Å²) in [5.41, 5.74) is 2.18. The predicted molar refractivity (Wildman–Crippen MR) is 85.8 cm³/mol. The van der Waals surface area contributed by atoms with E-state index in [1.54, 1.807) is 0 Å². The van der Waals surface area contributed by atoms with Gasteiger partial charge in [0.15, 0.2) is 5.82 Å². The van der Waals surface area contributed by atoms with Crippen molar-refractivity contribution in [2.24, 2.45) is 0 Å². The van der Waals surface area contributed by atoms with E-state index in [0.29, 0.717) is 12.0 Å². The molecule has 2 aromatic heterocycles. The first-order chi connectivity index (χ1) is 10.1. The van der Waals surface area contributed by atoms with Gasteiger partial charge in [-0.2, -0.15) is 5.10 Å². The lowest BCUT2D eigenvalue weighted by Crippen LogP contribution is -2.40. The first-order valence-corrected chi connectivity index (χ1v) is 7.93. The van der Waals surface area contributed by atoms with E-state index < -0.39 is 0 Å². The van der Waals surface area contributed by atoms with Gasteiger partial charge in [0.05, 0.1) is 5.69 Å². The van der Waals surface area contributed by atoms with Crippen LogP contribution < -0.4 is 5.32 Å². The molecule has 5 heteroatoms. The van der Waals surface area contributed by atoms with Crippen molar-refractivity contribution in [3.8, 4) is 0 Å². The van der Waals surface area contributed by atoms with Crippen molar-refractivity contribution < 1.29 is 0 Å². The standard InChI is InChI=1S/C16H25N5/c1-12(2)14-10-15-16(17-7-9-21(15)19-14)18-11-13-6-4-5-8-20(13)3/h7,9-10,12-13H,4-6,8,11H2,1-3H3,(H,17,18). The van der Waals surface area contributed by atoms with Crippen LogP contribution in [0.4, 0.5) is 5.82 Å². The van der Waals surface area contributed by atoms with Crippen LogP contribution in [0.3, 0.4) is 0 Å². The highest BCUT2D eigenvalue weighted by molar-refractivity contribution is 5.67. The monoisotopic (exact) mass is 287 g/mol. The molecule has 1 N–H and O–H groups in total. The minimum atomic E-state index is 0.433. The zero-order valence-electron chi connectivity index (χ0n) is 13.2. The second kappa shape index (κ2) is 6.02. The number of aromatic nitrogens is 3. The molecule has 1 unspecified atom stereocenters. The van der Waals surface area contributed by atoms with Gasteiger partial charge in [-0.3, -0.25) is 0 Å². The Hall–Kier alpha value is -1.62. The Bertz CT molecular complexity index is 604. The molecule has 0 saturated carbocycles. The van der Waals surface area contributed by atoms with Crippen LogP contribution in [-0.2, 0) is 0 Å². The second-order valence-electron chi connectivity index (χ2n) is 6.34. The summed E-state index contributed by atoms with van der Waals surface area (Å²) in [4.78, 5) is 6.95. The molecule has 2 aromatic rings. The van der Waals surface area contributed by atoms with E-state index in [1.165, 1.54) is 25.8 Å². The maximum Gasteiger partial charge on any atom is 0.152 e. The summed E-state index contributed by atoms with van der Waals surface area (Å²) in [5.74, 6) is 1.37. The van der Waals surface area contributed by atoms with Crippen molar-refractivity contribution in [2.45, 2.75) is 45.1 Å². The van der Waals surface area contributed by atoms with Gasteiger partial charge in [-0.1, -0.05) is 20.3 Å². The maximum atomic E-state index is 4.61. The highest BCUT2D eigenvalue weighted by atomic mass is 15.2. The number of likely N-dealkylation sites (N-methyl/N-ethyl adjacent to an activating group) is 1. The number of likely N-dealkylation sites (tertiary alicyclic amines) is 1. The molecule has 0 bridgehead atoms. The van der Waals surface area contributed by atoms with Gasteiger partial charge >= 0.3 is 0 Å². The summed E-state index contributed by atoms with van der Waals surface area (Å²) >= 11 is 0. The fourth-order valence-electron chi connectivity index (χ4n) is 2.98. The Kier molecular flexibility index (Phi) is 4.10. The molecule has 5 nitrogen and oxygen atoms in total. The van der Waals surface area contributed by atoms with Crippen molar-refractivity contribution >= 4 is 11.3 Å². The van der Waals surface area contributed by atoms with Gasteiger partial charge in [-0.05, 0) is 38.4 Å². The SMILES string of the molecule is CC(C)c1cc2c(NCC3CCCCN3C)nccn2n1. The maximum absolute atomic E-state index is 4.61. The highest BCUT2D eigenvalue weighted by Gasteiger charge is 2.19. The Balaban J connectivity index is 1.77. The molecule has 1 fully saturated rings. The zero-order valence-corrected chi connectivity index (χ0v) is 13.2. The average molecular weight is 287 g/mol. The lowest BCUT2D eigenvalue weighted by atomic mass is 10.0. The van der Waals surface area contributed by atoms with Crippen LogP contribution in [0.25, 0.3) is 5.52 Å². The zero-order chi connectivity index (χ0) is 14.8. The number of hydrogen-bond donors (Lipinski definition) is 1. The van der Waals surface area contributed by atoms with E-state index >= 15 is 0 Å². The number of rotatable bonds is 4. The Morgan fingerprint density at radius 1 is 1.38 bits per heavy atom. The van der Waals surface area contributed by atoms with Gasteiger partial charge in [0.25, 0.3) is 0 Å². The smallest absolute Gasteiger partial charge is 0.152 e. The number of piperidine rings is 1. The summed E-state index contributed by atoms with van der Waals surface area (Å²) in [6, 6.07) is 2.75. The first-order valence-electron chi connectivity index (χ1n) is 7.93. The number of anilines is 1. The van der Waals surface area contributed by atoms with Crippen LogP contribution in [0.1, 0.15) is 44.7 Å². The summed E-state index contributed by atoms with van der Waals surface area (Å²) in [7, 11) is 2.22. The van der Waals surface area contributed by atoms with E-state index in [0.717, 1.165) is 23.6 Å². The molecule has 0 aliphatic carbocycles. The number of hydrogen-bond acceptors (Lipinski definition) is 4. The molecule has 1 aliphatic heterocycles. The number of fused-ring (bicyclic) bond motifs is 1. The Morgan fingerprint density at radius 2 is 2.24 bits per heavy atom. The molecule has 1 saturated heterocycles. The van der Waals surface area contributed by atoms with Crippen LogP contribution in [0.5, 0.6) is 0 Å². The van der Waals surface area contributed by atoms with E-state index in [2.05, 4.69) is 47.3 Å². The first kappa shape index (κ1) is 14.3. The second-order valence-corrected chi connectivity index (χ2v) is 6.34. The van der Waals surface area contributed by atoms with E-state index in [-0.39, 0.29) is 0 Å². The third-order valence-electron chi connectivity index (χ3n) is 4.43. The number of nitrogens with zero attached hydrogens (tertiary/aromatic N) is 4. The fraction of sp³-hybridized carbons (Fsp3) is 0.625. The summed E-state index contributed by atoms with van der Waals surface area (Å²) in [5, 5.41) is 8.14. The van der Waals surface area contributed by atoms with Gasteiger partial charge in [-0.25, -0.2) is 9.50 Å². The molecular weight excluding hydrogens is 262 g/mol. The lowest BCUT2D eigenvalue weighted by Gasteiger charge is -2.32. The number of nitrogens with one attached hydrogen (secondary N) is 1.